The molecule has 0 heterocycles. The van der Waals surface area contributed by atoms with Crippen molar-refractivity contribution in [2.45, 2.75) is 6.42 Å². The van der Waals surface area contributed by atoms with Gasteiger partial charge in [-0.2, -0.15) is 0 Å². The molecule has 0 fully saturated rings. The Kier molecular flexibility index (Phi) is 4.60. The van der Waals surface area contributed by atoms with Crippen LogP contribution in [-0.4, -0.2) is 31.4 Å². The largest absolute Gasteiger partial charge is 0.495 e. The van der Waals surface area contributed by atoms with Crippen molar-refractivity contribution < 1.29 is 19.4 Å². The van der Waals surface area contributed by atoms with Crippen LogP contribution in [0.25, 0.3) is 0 Å². The van der Waals surface area contributed by atoms with Crippen molar-refractivity contribution in [2.75, 3.05) is 26.1 Å². The second-order valence-electron chi connectivity index (χ2n) is 3.17. The van der Waals surface area contributed by atoms with Crippen LogP contribution in [0.15, 0.2) is 18.2 Å². The SMILES string of the molecule is COc1cc(C(=O)OCCCO)ccc1N. The Hall–Kier alpha value is -1.75. The van der Waals surface area contributed by atoms with Crippen LogP contribution in [0.2, 0.25) is 0 Å². The Morgan fingerprint density at radius 1 is 1.50 bits per heavy atom. The van der Waals surface area contributed by atoms with Crippen molar-refractivity contribution in [3.05, 3.63) is 23.8 Å². The lowest BCUT2D eigenvalue weighted by molar-refractivity contribution is 0.0482. The van der Waals surface area contributed by atoms with Gasteiger partial charge in [-0.3, -0.25) is 0 Å². The van der Waals surface area contributed by atoms with Gasteiger partial charge < -0.3 is 20.3 Å². The fraction of sp³-hybridized carbons (Fsp3) is 0.364. The van der Waals surface area contributed by atoms with Gasteiger partial charge in [0, 0.05) is 13.0 Å². The maximum Gasteiger partial charge on any atom is 0.338 e. The van der Waals surface area contributed by atoms with Gasteiger partial charge in [-0.25, -0.2) is 4.79 Å². The lowest BCUT2D eigenvalue weighted by Crippen LogP contribution is -2.08. The van der Waals surface area contributed by atoms with Gasteiger partial charge in [0.2, 0.25) is 0 Å². The number of rotatable bonds is 5. The average Bonchev–Trinajstić information content (AvgIpc) is 2.30. The second kappa shape index (κ2) is 5.97. The summed E-state index contributed by atoms with van der Waals surface area (Å²) in [5, 5.41) is 8.54. The van der Waals surface area contributed by atoms with Gasteiger partial charge in [0.15, 0.2) is 0 Å². The van der Waals surface area contributed by atoms with Gasteiger partial charge >= 0.3 is 5.97 Å². The molecular weight excluding hydrogens is 210 g/mol. The van der Waals surface area contributed by atoms with E-state index in [0.717, 1.165) is 0 Å². The molecular formula is C11H15NO4. The fourth-order valence-electron chi connectivity index (χ4n) is 1.15. The van der Waals surface area contributed by atoms with Crippen LogP contribution in [0.4, 0.5) is 5.69 Å². The molecule has 1 aromatic rings. The molecule has 0 unspecified atom stereocenters. The van der Waals surface area contributed by atoms with Crippen molar-refractivity contribution in [3.63, 3.8) is 0 Å². The van der Waals surface area contributed by atoms with Gasteiger partial charge in [-0.1, -0.05) is 0 Å². The van der Waals surface area contributed by atoms with E-state index in [4.69, 9.17) is 20.3 Å². The van der Waals surface area contributed by atoms with Gasteiger partial charge in [-0.15, -0.1) is 0 Å². The van der Waals surface area contributed by atoms with Gasteiger partial charge in [-0.05, 0) is 18.2 Å². The first kappa shape index (κ1) is 12.3. The molecule has 3 N–H and O–H groups in total. The van der Waals surface area contributed by atoms with E-state index in [2.05, 4.69) is 0 Å². The predicted molar refractivity (Wildman–Crippen MR) is 59.4 cm³/mol. The van der Waals surface area contributed by atoms with Crippen molar-refractivity contribution in [1.82, 2.24) is 0 Å². The fourth-order valence-corrected chi connectivity index (χ4v) is 1.15. The first-order valence-corrected chi connectivity index (χ1v) is 4.90. The average molecular weight is 225 g/mol. The molecule has 0 aliphatic heterocycles. The molecule has 0 aromatic heterocycles. The van der Waals surface area contributed by atoms with Crippen LogP contribution >= 0.6 is 0 Å². The van der Waals surface area contributed by atoms with Gasteiger partial charge in [0.25, 0.3) is 0 Å². The van der Waals surface area contributed by atoms with Crippen molar-refractivity contribution in [1.29, 1.82) is 0 Å². The van der Waals surface area contributed by atoms with Crippen LogP contribution in [0.5, 0.6) is 5.75 Å². The molecule has 88 valence electrons. The Morgan fingerprint density at radius 2 is 2.25 bits per heavy atom. The molecule has 5 heteroatoms. The first-order chi connectivity index (χ1) is 7.69. The normalized spacial score (nSPS) is 9.88. The number of methoxy groups -OCH3 is 1. The summed E-state index contributed by atoms with van der Waals surface area (Å²) in [6, 6.07) is 4.68. The maximum absolute atomic E-state index is 11.5. The molecule has 1 aromatic carbocycles. The summed E-state index contributed by atoms with van der Waals surface area (Å²) >= 11 is 0. The highest BCUT2D eigenvalue weighted by molar-refractivity contribution is 5.90. The molecule has 0 saturated carbocycles. The van der Waals surface area contributed by atoms with Gasteiger partial charge in [0.1, 0.15) is 5.75 Å². The zero-order valence-electron chi connectivity index (χ0n) is 9.10. The summed E-state index contributed by atoms with van der Waals surface area (Å²) < 4.78 is 9.90. The number of esters is 1. The lowest BCUT2D eigenvalue weighted by Gasteiger charge is -2.07. The molecule has 0 spiro atoms. The minimum atomic E-state index is -0.452. The Balaban J connectivity index is 2.68. The number of benzene rings is 1. The molecule has 1 rings (SSSR count). The zero-order valence-corrected chi connectivity index (χ0v) is 9.10. The predicted octanol–water partition coefficient (Wildman–Crippen LogP) is 0.817. The summed E-state index contributed by atoms with van der Waals surface area (Å²) in [6.45, 7) is 0.195. The van der Waals surface area contributed by atoms with E-state index in [9.17, 15) is 4.79 Å². The lowest BCUT2D eigenvalue weighted by atomic mass is 10.2. The number of carbonyl (C=O) groups is 1. The third kappa shape index (κ3) is 3.13. The summed E-state index contributed by atoms with van der Waals surface area (Å²) in [4.78, 5) is 11.5. The number of aliphatic hydroxyl groups is 1. The number of nitrogen functional groups attached to an aromatic ring is 1. The number of anilines is 1. The minimum absolute atomic E-state index is 0.00165. The highest BCUT2D eigenvalue weighted by atomic mass is 16.5. The highest BCUT2D eigenvalue weighted by Gasteiger charge is 2.09. The third-order valence-electron chi connectivity index (χ3n) is 2.00. The van der Waals surface area contributed by atoms with Gasteiger partial charge in [0.05, 0.1) is 25.0 Å². The number of ether oxygens (including phenoxy) is 2. The standard InChI is InChI=1S/C11H15NO4/c1-15-10-7-8(3-4-9(10)12)11(14)16-6-2-5-13/h3-4,7,13H,2,5-6,12H2,1H3. The molecule has 0 saturated heterocycles. The molecule has 0 aliphatic rings. The topological polar surface area (TPSA) is 81.8 Å². The number of hydrogen-bond acceptors (Lipinski definition) is 5. The van der Waals surface area contributed by atoms with Crippen LogP contribution in [-0.2, 0) is 4.74 Å². The monoisotopic (exact) mass is 225 g/mol. The van der Waals surface area contributed by atoms with E-state index in [-0.39, 0.29) is 13.2 Å². The van der Waals surface area contributed by atoms with Crippen molar-refractivity contribution in [2.24, 2.45) is 0 Å². The molecule has 16 heavy (non-hydrogen) atoms. The van der Waals surface area contributed by atoms with E-state index >= 15 is 0 Å². The van der Waals surface area contributed by atoms with E-state index in [0.29, 0.717) is 23.4 Å². The van der Waals surface area contributed by atoms with Crippen LogP contribution in [0.1, 0.15) is 16.8 Å². The summed E-state index contributed by atoms with van der Waals surface area (Å²) in [5.41, 5.74) is 6.46. The van der Waals surface area contributed by atoms with Crippen molar-refractivity contribution >= 4 is 11.7 Å². The van der Waals surface area contributed by atoms with E-state index in [1.165, 1.54) is 13.2 Å². The van der Waals surface area contributed by atoms with E-state index < -0.39 is 5.97 Å². The Labute approximate surface area is 93.8 Å². The Bertz CT molecular complexity index is 365. The quantitative estimate of drug-likeness (QED) is 0.440. The van der Waals surface area contributed by atoms with Crippen LogP contribution in [0.3, 0.4) is 0 Å². The zero-order chi connectivity index (χ0) is 12.0. The van der Waals surface area contributed by atoms with Crippen LogP contribution < -0.4 is 10.5 Å². The number of carbonyl (C=O) groups excluding carboxylic acids is 1. The number of nitrogens with two attached hydrogens (primary N) is 1. The summed E-state index contributed by atoms with van der Waals surface area (Å²) in [7, 11) is 1.48. The maximum atomic E-state index is 11.5. The highest BCUT2D eigenvalue weighted by Crippen LogP contribution is 2.22. The molecule has 0 atom stereocenters. The minimum Gasteiger partial charge on any atom is -0.495 e. The molecule has 5 nitrogen and oxygen atoms in total. The molecule has 0 bridgehead atoms. The smallest absolute Gasteiger partial charge is 0.338 e. The second-order valence-corrected chi connectivity index (χ2v) is 3.17. The molecule has 0 radical (unpaired) electrons. The summed E-state index contributed by atoms with van der Waals surface area (Å²) in [6.07, 6.45) is 0.428. The number of aliphatic hydroxyl groups excluding tert-OH is 1. The number of hydrogen-bond donors (Lipinski definition) is 2. The van der Waals surface area contributed by atoms with E-state index in [1.807, 2.05) is 0 Å². The molecule has 0 amide bonds. The third-order valence-corrected chi connectivity index (χ3v) is 2.00. The first-order valence-electron chi connectivity index (χ1n) is 4.90. The van der Waals surface area contributed by atoms with E-state index in [1.54, 1.807) is 12.1 Å². The Morgan fingerprint density at radius 3 is 2.88 bits per heavy atom. The van der Waals surface area contributed by atoms with Crippen LogP contribution in [0, 0.1) is 0 Å². The van der Waals surface area contributed by atoms with Crippen molar-refractivity contribution in [3.8, 4) is 5.75 Å². The molecule has 0 aliphatic carbocycles. The summed E-state index contributed by atoms with van der Waals surface area (Å²) in [5.74, 6) is -0.0108.